The lowest BCUT2D eigenvalue weighted by atomic mass is 10.0. The normalized spacial score (nSPS) is 10.3. The van der Waals surface area contributed by atoms with E-state index in [0.717, 1.165) is 16.7 Å². The van der Waals surface area contributed by atoms with Gasteiger partial charge >= 0.3 is 0 Å². The van der Waals surface area contributed by atoms with Crippen molar-refractivity contribution in [2.45, 2.75) is 13.8 Å². The minimum Gasteiger partial charge on any atom is -0.508 e. The van der Waals surface area contributed by atoms with Crippen LogP contribution >= 0.6 is 0 Å². The number of phenols is 1. The van der Waals surface area contributed by atoms with Gasteiger partial charge in [-0.25, -0.2) is 0 Å². The van der Waals surface area contributed by atoms with E-state index in [2.05, 4.69) is 31.2 Å². The van der Waals surface area contributed by atoms with Gasteiger partial charge in [-0.05, 0) is 36.6 Å². The molecule has 0 saturated heterocycles. The predicted octanol–water partition coefficient (Wildman–Crippen LogP) is 3.68. The second-order valence-electron chi connectivity index (χ2n) is 3.87. The molecule has 0 amide bonds. The first-order valence-corrected chi connectivity index (χ1v) is 5.03. The van der Waals surface area contributed by atoms with E-state index in [1.54, 1.807) is 6.07 Å². The highest BCUT2D eigenvalue weighted by Crippen LogP contribution is 2.25. The highest BCUT2D eigenvalue weighted by atomic mass is 16.3. The van der Waals surface area contributed by atoms with E-state index in [1.807, 2.05) is 19.1 Å². The Hall–Kier alpha value is -1.76. The fourth-order valence-electron chi connectivity index (χ4n) is 1.53. The van der Waals surface area contributed by atoms with Gasteiger partial charge in [0.2, 0.25) is 0 Å². The number of hydrogen-bond acceptors (Lipinski definition) is 1. The van der Waals surface area contributed by atoms with Gasteiger partial charge in [0.25, 0.3) is 0 Å². The topological polar surface area (TPSA) is 20.2 Å². The van der Waals surface area contributed by atoms with Crippen molar-refractivity contribution in [2.24, 2.45) is 0 Å². The Labute approximate surface area is 90.0 Å². The average molecular weight is 198 g/mol. The van der Waals surface area contributed by atoms with Crippen LogP contribution in [0.25, 0.3) is 11.1 Å². The van der Waals surface area contributed by atoms with Crippen LogP contribution in [0, 0.1) is 13.8 Å². The fraction of sp³-hybridized carbons (Fsp3) is 0.143. The quantitative estimate of drug-likeness (QED) is 0.741. The molecule has 0 bridgehead atoms. The number of rotatable bonds is 1. The zero-order chi connectivity index (χ0) is 10.8. The Kier molecular flexibility index (Phi) is 2.46. The van der Waals surface area contributed by atoms with Gasteiger partial charge in [-0.2, -0.15) is 0 Å². The summed E-state index contributed by atoms with van der Waals surface area (Å²) in [6.07, 6.45) is 0. The second-order valence-corrected chi connectivity index (χ2v) is 3.87. The van der Waals surface area contributed by atoms with Crippen molar-refractivity contribution in [3.63, 3.8) is 0 Å². The van der Waals surface area contributed by atoms with Crippen LogP contribution in [0.5, 0.6) is 5.75 Å². The lowest BCUT2D eigenvalue weighted by molar-refractivity contribution is 0.471. The molecule has 0 heterocycles. The summed E-state index contributed by atoms with van der Waals surface area (Å²) in [5.74, 6) is 0.355. The molecule has 1 nitrogen and oxygen atoms in total. The summed E-state index contributed by atoms with van der Waals surface area (Å²) < 4.78 is 0. The predicted molar refractivity (Wildman–Crippen MR) is 63.0 cm³/mol. The first-order chi connectivity index (χ1) is 7.16. The third kappa shape index (κ3) is 2.01. The minimum atomic E-state index is 0.355. The van der Waals surface area contributed by atoms with Crippen molar-refractivity contribution >= 4 is 0 Å². The maximum Gasteiger partial charge on any atom is 0.119 e. The molecule has 0 spiro atoms. The number of aryl methyl sites for hydroxylation is 2. The molecule has 0 radical (unpaired) electrons. The number of hydrogen-bond donors (Lipinski definition) is 1. The zero-order valence-corrected chi connectivity index (χ0v) is 8.99. The minimum absolute atomic E-state index is 0.355. The molecule has 0 aromatic heterocycles. The van der Waals surface area contributed by atoms with Crippen LogP contribution in [0.15, 0.2) is 42.5 Å². The molecule has 0 aliphatic rings. The lowest BCUT2D eigenvalue weighted by Gasteiger charge is -2.04. The highest BCUT2D eigenvalue weighted by Gasteiger charge is 2.00. The Bertz CT molecular complexity index is 469. The van der Waals surface area contributed by atoms with E-state index in [9.17, 15) is 5.11 Å². The van der Waals surface area contributed by atoms with Crippen molar-refractivity contribution < 1.29 is 5.11 Å². The van der Waals surface area contributed by atoms with Crippen LogP contribution in [-0.2, 0) is 0 Å². The van der Waals surface area contributed by atoms with Gasteiger partial charge < -0.3 is 5.11 Å². The van der Waals surface area contributed by atoms with Crippen molar-refractivity contribution in [3.8, 4) is 16.9 Å². The maximum absolute atomic E-state index is 9.62. The molecule has 0 atom stereocenters. The fourth-order valence-corrected chi connectivity index (χ4v) is 1.53. The van der Waals surface area contributed by atoms with Crippen molar-refractivity contribution in [3.05, 3.63) is 53.6 Å². The molecule has 1 heteroatoms. The summed E-state index contributed by atoms with van der Waals surface area (Å²) in [6, 6.07) is 14.1. The van der Waals surface area contributed by atoms with Crippen molar-refractivity contribution in [1.82, 2.24) is 0 Å². The van der Waals surface area contributed by atoms with Gasteiger partial charge in [-0.1, -0.05) is 42.0 Å². The van der Waals surface area contributed by atoms with Crippen LogP contribution in [0.4, 0.5) is 0 Å². The smallest absolute Gasteiger partial charge is 0.119 e. The molecule has 2 aromatic carbocycles. The largest absolute Gasteiger partial charge is 0.508 e. The molecule has 0 aliphatic carbocycles. The van der Waals surface area contributed by atoms with Gasteiger partial charge in [0.05, 0.1) is 0 Å². The zero-order valence-electron chi connectivity index (χ0n) is 8.99. The first kappa shape index (κ1) is 9.78. The summed E-state index contributed by atoms with van der Waals surface area (Å²) in [5, 5.41) is 9.62. The average Bonchev–Trinajstić information content (AvgIpc) is 2.23. The number of aromatic hydroxyl groups is 1. The summed E-state index contributed by atoms with van der Waals surface area (Å²) in [4.78, 5) is 0. The van der Waals surface area contributed by atoms with E-state index < -0.39 is 0 Å². The molecule has 2 aromatic rings. The van der Waals surface area contributed by atoms with Gasteiger partial charge in [0.15, 0.2) is 0 Å². The van der Waals surface area contributed by atoms with E-state index in [0.29, 0.717) is 5.75 Å². The molecular formula is C14H14O. The molecule has 1 N–H and O–H groups in total. The Morgan fingerprint density at radius 1 is 0.800 bits per heavy atom. The van der Waals surface area contributed by atoms with Crippen LogP contribution in [-0.4, -0.2) is 5.11 Å². The van der Waals surface area contributed by atoms with E-state index >= 15 is 0 Å². The standard InChI is InChI=1S/C14H14O/c1-10-3-6-12(7-4-10)13-8-5-11(2)14(15)9-13/h3-9,15H,1-2H3. The van der Waals surface area contributed by atoms with E-state index in [1.165, 1.54) is 5.56 Å². The summed E-state index contributed by atoms with van der Waals surface area (Å²) in [6.45, 7) is 3.96. The molecule has 0 fully saturated rings. The molecule has 0 aliphatic heterocycles. The molecular weight excluding hydrogens is 184 g/mol. The SMILES string of the molecule is Cc1ccc(-c2ccc(C)c(O)c2)cc1. The van der Waals surface area contributed by atoms with E-state index in [-0.39, 0.29) is 0 Å². The molecule has 15 heavy (non-hydrogen) atoms. The molecule has 0 saturated carbocycles. The van der Waals surface area contributed by atoms with Crippen molar-refractivity contribution in [2.75, 3.05) is 0 Å². The summed E-state index contributed by atoms with van der Waals surface area (Å²) in [7, 11) is 0. The van der Waals surface area contributed by atoms with Crippen molar-refractivity contribution in [1.29, 1.82) is 0 Å². The third-order valence-electron chi connectivity index (χ3n) is 2.59. The summed E-state index contributed by atoms with van der Waals surface area (Å²) in [5.41, 5.74) is 4.34. The summed E-state index contributed by atoms with van der Waals surface area (Å²) >= 11 is 0. The van der Waals surface area contributed by atoms with Gasteiger partial charge in [-0.15, -0.1) is 0 Å². The Morgan fingerprint density at radius 2 is 1.40 bits per heavy atom. The number of benzene rings is 2. The number of phenolic OH excluding ortho intramolecular Hbond substituents is 1. The highest BCUT2D eigenvalue weighted by molar-refractivity contribution is 5.66. The molecule has 0 unspecified atom stereocenters. The van der Waals surface area contributed by atoms with Gasteiger partial charge in [0.1, 0.15) is 5.75 Å². The molecule has 2 rings (SSSR count). The Morgan fingerprint density at radius 3 is 2.00 bits per heavy atom. The Balaban J connectivity index is 2.45. The van der Waals surface area contributed by atoms with Gasteiger partial charge in [0, 0.05) is 0 Å². The third-order valence-corrected chi connectivity index (χ3v) is 2.59. The second kappa shape index (κ2) is 3.77. The monoisotopic (exact) mass is 198 g/mol. The lowest BCUT2D eigenvalue weighted by Crippen LogP contribution is -1.80. The van der Waals surface area contributed by atoms with Crippen LogP contribution in [0.2, 0.25) is 0 Å². The van der Waals surface area contributed by atoms with E-state index in [4.69, 9.17) is 0 Å². The van der Waals surface area contributed by atoms with Crippen LogP contribution in [0.3, 0.4) is 0 Å². The maximum atomic E-state index is 9.62. The van der Waals surface area contributed by atoms with Crippen LogP contribution < -0.4 is 0 Å². The van der Waals surface area contributed by atoms with Crippen LogP contribution in [0.1, 0.15) is 11.1 Å². The molecule has 76 valence electrons. The van der Waals surface area contributed by atoms with Gasteiger partial charge in [-0.3, -0.25) is 0 Å². The first-order valence-electron chi connectivity index (χ1n) is 5.03.